The Hall–Kier alpha value is -6.64. The van der Waals surface area contributed by atoms with Gasteiger partial charge >= 0.3 is 451 Å². The van der Waals surface area contributed by atoms with Gasteiger partial charge < -0.3 is 0 Å². The number of allylic oxidation sites excluding steroid dienone is 2. The zero-order chi connectivity index (χ0) is 50.3. The molecule has 0 saturated carbocycles. The Morgan fingerprint density at radius 3 is 1.19 bits per heavy atom. The third-order valence-electron chi connectivity index (χ3n) is 16.2. The van der Waals surface area contributed by atoms with Gasteiger partial charge in [-0.25, -0.2) is 0 Å². The number of benzene rings is 10. The average molecular weight is 1090 g/mol. The van der Waals surface area contributed by atoms with Crippen LogP contribution in [0.15, 0.2) is 224 Å². The van der Waals surface area contributed by atoms with Crippen LogP contribution < -0.4 is 13.6 Å². The molecule has 357 valence electrons. The van der Waals surface area contributed by atoms with E-state index in [9.17, 15) is 17.0 Å². The molecular formula is C70H55Cl2SiZr. The quantitative estimate of drug-likeness (QED) is 0.126. The Labute approximate surface area is 446 Å². The van der Waals surface area contributed by atoms with Crippen molar-refractivity contribution in [3.05, 3.63) is 280 Å². The van der Waals surface area contributed by atoms with Gasteiger partial charge in [-0.1, -0.05) is 0 Å². The summed E-state index contributed by atoms with van der Waals surface area (Å²) >= 11 is -6.18. The van der Waals surface area contributed by atoms with Crippen molar-refractivity contribution in [1.82, 2.24) is 0 Å². The fourth-order valence-corrected chi connectivity index (χ4v) is 40.5. The van der Waals surface area contributed by atoms with E-state index in [1.165, 1.54) is 125 Å². The predicted octanol–water partition coefficient (Wildman–Crippen LogP) is 16.9. The Balaban J connectivity index is 1.19. The molecule has 0 amide bonds. The Kier molecular flexibility index (Phi) is 11.7. The topological polar surface area (TPSA) is 0 Å². The minimum absolute atomic E-state index is 0.350. The molecule has 0 saturated heterocycles. The van der Waals surface area contributed by atoms with Crippen molar-refractivity contribution in [2.24, 2.45) is 0 Å². The first-order valence-corrected chi connectivity index (χ1v) is 37.8. The third-order valence-corrected chi connectivity index (χ3v) is 38.7. The number of hydrogen-bond donors (Lipinski definition) is 0. The molecule has 0 aromatic heterocycles. The summed E-state index contributed by atoms with van der Waals surface area (Å²) in [4.78, 5) is 0. The molecular weight excluding hydrogens is 1030 g/mol. The molecule has 2 atom stereocenters. The summed E-state index contributed by atoms with van der Waals surface area (Å²) in [5.41, 5.74) is 26.7. The first-order chi connectivity index (χ1) is 36.0. The number of rotatable bonds is 9. The number of aryl methyl sites for hydroxylation is 4. The SMILES string of the molecule is Cc1cc(C)cc(-c2c(-c3ccccc3)ccc3c2C=C(c2ccccc2)[CH]3[Zr]([Cl])([Cl])([c]2cccc3c2[SiH2]c2ccccc2-3)[CH]2C(c3ccccc3)=Cc3c2ccc(-c2ccccc2)c3-c2cc(C)cc(C)c2)c1. The molecule has 10 aromatic rings. The molecule has 1 heterocycles. The van der Waals surface area contributed by atoms with Gasteiger partial charge in [0, 0.05) is 0 Å². The van der Waals surface area contributed by atoms with E-state index < -0.39 is 25.9 Å². The Morgan fingerprint density at radius 1 is 0.351 bits per heavy atom. The van der Waals surface area contributed by atoms with Crippen LogP contribution in [0.5, 0.6) is 0 Å². The van der Waals surface area contributed by atoms with Crippen molar-refractivity contribution in [3.63, 3.8) is 0 Å². The van der Waals surface area contributed by atoms with Crippen LogP contribution in [-0.4, -0.2) is 9.52 Å². The van der Waals surface area contributed by atoms with Gasteiger partial charge in [-0.2, -0.15) is 0 Å². The van der Waals surface area contributed by atoms with Crippen LogP contribution in [0, 0.1) is 27.7 Å². The van der Waals surface area contributed by atoms with Crippen LogP contribution in [0.1, 0.15) is 62.9 Å². The molecule has 10 aromatic carbocycles. The summed E-state index contributed by atoms with van der Waals surface area (Å²) < 4.78 is 0.504. The number of hydrogen-bond acceptors (Lipinski definition) is 0. The first-order valence-electron chi connectivity index (χ1n) is 26.0. The van der Waals surface area contributed by atoms with Gasteiger partial charge in [-0.15, -0.1) is 0 Å². The molecule has 0 nitrogen and oxygen atoms in total. The number of fused-ring (bicyclic) bond motifs is 5. The average Bonchev–Trinajstić information content (AvgIpc) is 4.20. The summed E-state index contributed by atoms with van der Waals surface area (Å²) in [7, 11) is 18.6. The Morgan fingerprint density at radius 2 is 0.743 bits per heavy atom. The zero-order valence-corrected chi connectivity index (χ0v) is 47.5. The van der Waals surface area contributed by atoms with Crippen LogP contribution in [0.25, 0.3) is 78.9 Å². The van der Waals surface area contributed by atoms with E-state index in [1.807, 2.05) is 0 Å². The van der Waals surface area contributed by atoms with Crippen molar-refractivity contribution >= 4 is 63.5 Å². The standard InChI is InChI=1S/2C29H23.C12H9Si.2ClH.Zr/c2*1-20-15-21(2)17-26(16-20)29-27(23-11-7-4-8-12-23)14-13-24-18-25(19-28(24)29)22-9-5-3-6-10-22;1-3-7-11-9(5-1)10-6-2-4-8-12(10)13-11;;;/h2*3-19H,1-2H3;1-7H,13H2;2*1H;/q;;;;;+2/p-2. The van der Waals surface area contributed by atoms with Crippen molar-refractivity contribution in [2.75, 3.05) is 0 Å². The van der Waals surface area contributed by atoms with E-state index >= 15 is 0 Å². The molecule has 4 heteroatoms. The second-order valence-electron chi connectivity index (χ2n) is 21.1. The summed E-state index contributed by atoms with van der Waals surface area (Å²) in [6.45, 7) is 8.86. The van der Waals surface area contributed by atoms with Crippen LogP contribution in [-0.2, 0) is 16.4 Å². The van der Waals surface area contributed by atoms with Gasteiger partial charge in [0.05, 0.1) is 0 Å². The maximum absolute atomic E-state index is 9.83. The van der Waals surface area contributed by atoms with E-state index in [0.29, 0.717) is 0 Å². The van der Waals surface area contributed by atoms with Crippen LogP contribution >= 0.6 is 17.0 Å². The summed E-state index contributed by atoms with van der Waals surface area (Å²) in [5.74, 6) is 0. The van der Waals surface area contributed by atoms with E-state index in [4.69, 9.17) is 0 Å². The molecule has 3 aliphatic rings. The van der Waals surface area contributed by atoms with Crippen molar-refractivity contribution in [1.29, 1.82) is 0 Å². The summed E-state index contributed by atoms with van der Waals surface area (Å²) in [5, 5.41) is 2.85. The first kappa shape index (κ1) is 47.1. The molecule has 2 aliphatic carbocycles. The summed E-state index contributed by atoms with van der Waals surface area (Å²) in [6.07, 6.45) is 5.01. The van der Waals surface area contributed by atoms with Gasteiger partial charge in [0.1, 0.15) is 0 Å². The van der Waals surface area contributed by atoms with Crippen LogP contribution in [0.4, 0.5) is 0 Å². The van der Waals surface area contributed by atoms with Crippen LogP contribution in [0.2, 0.25) is 0 Å². The summed E-state index contributed by atoms with van der Waals surface area (Å²) in [6, 6.07) is 83.5. The fraction of sp³-hybridized carbons (Fsp3) is 0.0857. The number of halogens is 2. The molecule has 0 N–H and O–H groups in total. The van der Waals surface area contributed by atoms with E-state index in [-0.39, 0.29) is 7.25 Å². The molecule has 74 heavy (non-hydrogen) atoms. The van der Waals surface area contributed by atoms with E-state index in [0.717, 1.165) is 11.1 Å². The monoisotopic (exact) mass is 1080 g/mol. The molecule has 0 radical (unpaired) electrons. The second-order valence-corrected chi connectivity index (χ2v) is 43.5. The van der Waals surface area contributed by atoms with E-state index in [2.05, 4.69) is 264 Å². The minimum atomic E-state index is -6.18. The zero-order valence-electron chi connectivity index (χ0n) is 42.1. The van der Waals surface area contributed by atoms with Gasteiger partial charge in [0.25, 0.3) is 0 Å². The van der Waals surface area contributed by atoms with Crippen molar-refractivity contribution in [3.8, 4) is 55.6 Å². The maximum atomic E-state index is 9.83. The van der Waals surface area contributed by atoms with Crippen LogP contribution in [0.3, 0.4) is 0 Å². The van der Waals surface area contributed by atoms with Gasteiger partial charge in [-0.05, 0) is 0 Å². The molecule has 0 spiro atoms. The third kappa shape index (κ3) is 7.63. The van der Waals surface area contributed by atoms with E-state index in [1.54, 1.807) is 0 Å². The van der Waals surface area contributed by atoms with Gasteiger partial charge in [-0.3, -0.25) is 0 Å². The van der Waals surface area contributed by atoms with Gasteiger partial charge in [0.15, 0.2) is 0 Å². The molecule has 0 fully saturated rings. The molecule has 1 aliphatic heterocycles. The molecule has 2 unspecified atom stereocenters. The Bertz CT molecular complexity index is 3700. The molecule has 0 bridgehead atoms. The predicted molar refractivity (Wildman–Crippen MR) is 319 cm³/mol. The second kappa shape index (κ2) is 18.3. The van der Waals surface area contributed by atoms with Gasteiger partial charge in [0.2, 0.25) is 0 Å². The fourth-order valence-electron chi connectivity index (χ4n) is 13.5. The molecule has 13 rings (SSSR count). The van der Waals surface area contributed by atoms with Crippen molar-refractivity contribution in [2.45, 2.75) is 34.9 Å². The van der Waals surface area contributed by atoms with Crippen molar-refractivity contribution < 1.29 is 16.4 Å². The normalized spacial score (nSPS) is 16.2.